The molecule has 1 aliphatic heterocycles. The third-order valence-electron chi connectivity index (χ3n) is 7.24. The minimum absolute atomic E-state index is 0.112. The number of amides is 3. The fourth-order valence-corrected chi connectivity index (χ4v) is 5.39. The summed E-state index contributed by atoms with van der Waals surface area (Å²) >= 11 is 0. The molecule has 48 heavy (non-hydrogen) atoms. The van der Waals surface area contributed by atoms with E-state index in [4.69, 9.17) is 19.1 Å². The molecule has 3 N–H and O–H groups in total. The Morgan fingerprint density at radius 1 is 1.08 bits per heavy atom. The number of ether oxygens (including phenoxy) is 1. The van der Waals surface area contributed by atoms with Crippen molar-refractivity contribution in [1.82, 2.24) is 10.6 Å². The summed E-state index contributed by atoms with van der Waals surface area (Å²) in [5.74, 6) is -4.86. The number of carboxylic acids is 1. The predicted molar refractivity (Wildman–Crippen MR) is 167 cm³/mol. The van der Waals surface area contributed by atoms with E-state index >= 15 is 0 Å². The van der Waals surface area contributed by atoms with E-state index in [-0.39, 0.29) is 17.8 Å². The summed E-state index contributed by atoms with van der Waals surface area (Å²) in [7, 11) is -0.647. The summed E-state index contributed by atoms with van der Waals surface area (Å²) in [6, 6.07) is 9.94. The van der Waals surface area contributed by atoms with Crippen LogP contribution in [0.2, 0.25) is 0 Å². The Balaban J connectivity index is 0.000000804. The van der Waals surface area contributed by atoms with Crippen LogP contribution in [-0.2, 0) is 35.6 Å². The van der Waals surface area contributed by atoms with Crippen molar-refractivity contribution in [2.24, 2.45) is 0 Å². The Labute approximate surface area is 272 Å². The molecule has 260 valence electrons. The normalized spacial score (nSPS) is 17.0. The highest BCUT2D eigenvalue weighted by atomic mass is 32.2. The fourth-order valence-electron chi connectivity index (χ4n) is 4.81. The van der Waals surface area contributed by atoms with Crippen molar-refractivity contribution in [2.45, 2.75) is 44.7 Å². The summed E-state index contributed by atoms with van der Waals surface area (Å²) in [5, 5.41) is 13.2. The van der Waals surface area contributed by atoms with E-state index in [1.165, 1.54) is 23.0 Å². The number of fused-ring (bicyclic) bond motifs is 2. The summed E-state index contributed by atoms with van der Waals surface area (Å²) in [5.41, 5.74) is 0.670. The van der Waals surface area contributed by atoms with Crippen LogP contribution in [0.1, 0.15) is 19.4 Å². The summed E-state index contributed by atoms with van der Waals surface area (Å²) in [6.07, 6.45) is -4.13. The fraction of sp³-hybridized carbons (Fsp3) is 0.367. The predicted octanol–water partition coefficient (Wildman–Crippen LogP) is 1.84. The lowest BCUT2D eigenvalue weighted by Crippen LogP contribution is -2.60. The maximum Gasteiger partial charge on any atom is 0.490 e. The third-order valence-corrected chi connectivity index (χ3v) is 8.01. The largest absolute Gasteiger partial charge is 0.497 e. The zero-order valence-electron chi connectivity index (χ0n) is 26.3. The molecule has 18 heteroatoms. The van der Waals surface area contributed by atoms with Gasteiger partial charge in [-0.3, -0.25) is 14.4 Å². The number of methoxy groups -OCH3 is 1. The number of carbonyl (C=O) groups is 4. The molecule has 3 atom stereocenters. The maximum absolute atomic E-state index is 14.3. The maximum atomic E-state index is 14.3. The van der Waals surface area contributed by atoms with E-state index in [1.54, 1.807) is 63.4 Å². The molecule has 3 amide bonds. The Morgan fingerprint density at radius 3 is 2.23 bits per heavy atom. The topological polar surface area (TPSA) is 193 Å². The Hall–Kier alpha value is -4.97. The molecule has 0 spiro atoms. The monoisotopic (exact) mass is 698 g/mol. The van der Waals surface area contributed by atoms with Crippen molar-refractivity contribution >= 4 is 55.9 Å². The molecule has 14 nitrogen and oxygen atoms in total. The number of hydrogen-bond acceptors (Lipinski definition) is 10. The van der Waals surface area contributed by atoms with E-state index in [0.717, 1.165) is 6.26 Å². The third kappa shape index (κ3) is 8.88. The molecule has 2 heterocycles. The van der Waals surface area contributed by atoms with Gasteiger partial charge in [0, 0.05) is 23.8 Å². The molecule has 0 fully saturated rings. The number of likely N-dealkylation sites (N-methyl/N-ethyl adjacent to an activating group) is 1. The number of nitrogens with one attached hydrogen (secondary N) is 2. The molecule has 1 aliphatic rings. The SMILES string of the molecule is CN[C@@H](C)C(=O)N[C@@H]1C(=O)N(Cc2cc(=O)oc3cc(OC)ccc23)c2ccccc2N(C(=O)CS(C)(=O)=O)[C@H]1C.O=C(O)C(F)(F)F. The smallest absolute Gasteiger partial charge is 0.490 e. The van der Waals surface area contributed by atoms with Crippen molar-refractivity contribution in [3.8, 4) is 5.75 Å². The second-order valence-corrected chi connectivity index (χ2v) is 12.9. The second kappa shape index (κ2) is 14.8. The number of halogens is 3. The molecule has 0 radical (unpaired) electrons. The Bertz CT molecular complexity index is 1880. The second-order valence-electron chi connectivity index (χ2n) is 10.7. The van der Waals surface area contributed by atoms with Crippen molar-refractivity contribution < 1.29 is 55.0 Å². The van der Waals surface area contributed by atoms with Crippen LogP contribution in [0.5, 0.6) is 5.75 Å². The van der Waals surface area contributed by atoms with Gasteiger partial charge in [-0.1, -0.05) is 12.1 Å². The van der Waals surface area contributed by atoms with Gasteiger partial charge >= 0.3 is 17.8 Å². The van der Waals surface area contributed by atoms with Gasteiger partial charge in [-0.25, -0.2) is 18.0 Å². The van der Waals surface area contributed by atoms with Crippen LogP contribution in [-0.4, -0.2) is 87.7 Å². The van der Waals surface area contributed by atoms with Gasteiger partial charge in [0.1, 0.15) is 23.1 Å². The Morgan fingerprint density at radius 2 is 1.69 bits per heavy atom. The highest BCUT2D eigenvalue weighted by Gasteiger charge is 2.43. The van der Waals surface area contributed by atoms with Crippen molar-refractivity contribution in [3.63, 3.8) is 0 Å². The average molecular weight is 699 g/mol. The highest BCUT2D eigenvalue weighted by Crippen LogP contribution is 2.37. The first kappa shape index (κ1) is 37.5. The van der Waals surface area contributed by atoms with Gasteiger partial charge < -0.3 is 34.7 Å². The first-order valence-electron chi connectivity index (χ1n) is 14.1. The van der Waals surface area contributed by atoms with E-state index < -0.39 is 69.2 Å². The number of alkyl halides is 3. The standard InChI is InChI=1S/C28H32N4O8S.C2HF3O2/c1-16(29-3)27(35)30-26-17(2)32(24(33)15-41(5,37)38)22-9-7-6-8-21(22)31(28(26)36)14-18-12-25(34)40-23-13-19(39-4)10-11-20(18)23;3-2(4,5)1(6)7/h6-13,16-17,26,29H,14-15H2,1-5H3,(H,30,35);(H,6,7)/t16-,17-,26-;/m0./s1. The van der Waals surface area contributed by atoms with Gasteiger partial charge in [-0.2, -0.15) is 13.2 Å². The number of benzene rings is 2. The summed E-state index contributed by atoms with van der Waals surface area (Å²) < 4.78 is 66.5. The summed E-state index contributed by atoms with van der Waals surface area (Å²) in [4.78, 5) is 64.7. The highest BCUT2D eigenvalue weighted by molar-refractivity contribution is 7.91. The molecule has 1 aromatic heterocycles. The molecule has 3 aromatic rings. The van der Waals surface area contributed by atoms with Crippen molar-refractivity contribution in [3.05, 3.63) is 64.5 Å². The number of hydrogen-bond donors (Lipinski definition) is 3. The number of carbonyl (C=O) groups excluding carboxylic acids is 3. The molecular weight excluding hydrogens is 665 g/mol. The van der Waals surface area contributed by atoms with Crippen molar-refractivity contribution in [2.75, 3.05) is 36.0 Å². The van der Waals surface area contributed by atoms with E-state index in [1.807, 2.05) is 0 Å². The number of sulfone groups is 1. The molecule has 0 saturated carbocycles. The lowest BCUT2D eigenvalue weighted by Gasteiger charge is -2.32. The van der Waals surface area contributed by atoms with Crippen molar-refractivity contribution in [1.29, 1.82) is 0 Å². The molecule has 0 bridgehead atoms. The molecular formula is C30H33F3N4O10S. The number of rotatable bonds is 8. The molecule has 0 saturated heterocycles. The molecule has 2 aromatic carbocycles. The zero-order valence-corrected chi connectivity index (χ0v) is 27.1. The zero-order chi connectivity index (χ0) is 36.1. The minimum atomic E-state index is -5.08. The molecule has 0 aliphatic carbocycles. The number of para-hydroxylation sites is 2. The van der Waals surface area contributed by atoms with Gasteiger partial charge in [0.2, 0.25) is 11.8 Å². The van der Waals surface area contributed by atoms with Gasteiger partial charge in [-0.15, -0.1) is 0 Å². The Kier molecular flexibility index (Phi) is 11.6. The number of carboxylic acid groups (broad SMARTS) is 1. The first-order chi connectivity index (χ1) is 22.3. The quantitative estimate of drug-likeness (QED) is 0.291. The first-order valence-corrected chi connectivity index (χ1v) is 16.1. The lowest BCUT2D eigenvalue weighted by molar-refractivity contribution is -0.192. The van der Waals surface area contributed by atoms with Gasteiger partial charge in [0.05, 0.1) is 37.1 Å². The van der Waals surface area contributed by atoms with Crippen LogP contribution in [0, 0.1) is 0 Å². The number of aliphatic carboxylic acids is 1. The van der Waals surface area contributed by atoms with Crippen LogP contribution in [0.3, 0.4) is 0 Å². The number of nitrogens with zero attached hydrogens (tertiary/aromatic N) is 2. The minimum Gasteiger partial charge on any atom is -0.497 e. The van der Waals surface area contributed by atoms with E-state index in [2.05, 4.69) is 10.6 Å². The van der Waals surface area contributed by atoms with E-state index in [0.29, 0.717) is 22.4 Å². The van der Waals surface area contributed by atoms with Crippen LogP contribution in [0.25, 0.3) is 11.0 Å². The number of anilines is 2. The van der Waals surface area contributed by atoms with Crippen LogP contribution < -0.4 is 30.8 Å². The average Bonchev–Trinajstić information content (AvgIpc) is 3.07. The molecule has 4 rings (SSSR count). The van der Waals surface area contributed by atoms with E-state index in [9.17, 15) is 40.8 Å². The van der Waals surface area contributed by atoms with Crippen LogP contribution in [0.15, 0.2) is 57.7 Å². The van der Waals surface area contributed by atoms with Crippen LogP contribution in [0.4, 0.5) is 24.5 Å². The molecule has 0 unspecified atom stereocenters. The van der Waals surface area contributed by atoms with Crippen LogP contribution >= 0.6 is 0 Å². The lowest BCUT2D eigenvalue weighted by atomic mass is 10.1. The summed E-state index contributed by atoms with van der Waals surface area (Å²) in [6.45, 7) is 3.08. The van der Waals surface area contributed by atoms with Gasteiger partial charge in [0.15, 0.2) is 9.84 Å². The van der Waals surface area contributed by atoms with Gasteiger partial charge in [-0.05, 0) is 50.7 Å². The van der Waals surface area contributed by atoms with Gasteiger partial charge in [0.25, 0.3) is 5.91 Å².